The Morgan fingerprint density at radius 3 is 2.35 bits per heavy atom. The minimum atomic E-state index is -0.670. The number of benzene rings is 1. The van der Waals surface area contributed by atoms with Crippen LogP contribution in [-0.2, 0) is 9.59 Å². The first-order valence-corrected chi connectivity index (χ1v) is 4.94. The number of halogens is 1. The third-order valence-corrected chi connectivity index (χ3v) is 2.34. The summed E-state index contributed by atoms with van der Waals surface area (Å²) in [5.74, 6) is -2.46. The van der Waals surface area contributed by atoms with Gasteiger partial charge in [-0.2, -0.15) is 0 Å². The van der Waals surface area contributed by atoms with E-state index in [1.165, 1.54) is 18.2 Å². The molecular weight excluding hydrogens is 227 g/mol. The number of hydrogen-bond donors (Lipinski definition) is 1. The summed E-state index contributed by atoms with van der Waals surface area (Å²) >= 11 is 0. The Morgan fingerprint density at radius 1 is 1.18 bits per heavy atom. The summed E-state index contributed by atoms with van der Waals surface area (Å²) in [6.45, 7) is -0.474. The fourth-order valence-electron chi connectivity index (χ4n) is 1.59. The smallest absolute Gasteiger partial charge is 0.257 e. The molecule has 0 aromatic heterocycles. The van der Waals surface area contributed by atoms with Crippen LogP contribution in [0, 0.1) is 5.82 Å². The second-order valence-electron chi connectivity index (χ2n) is 3.61. The van der Waals surface area contributed by atoms with Crippen molar-refractivity contribution in [3.8, 4) is 0 Å². The predicted octanol–water partition coefficient (Wildman–Crippen LogP) is -0.0757. The van der Waals surface area contributed by atoms with Gasteiger partial charge in [0.2, 0.25) is 11.8 Å². The zero-order valence-electron chi connectivity index (χ0n) is 8.77. The minimum absolute atomic E-state index is 0.144. The van der Waals surface area contributed by atoms with Gasteiger partial charge in [0.05, 0.1) is 5.56 Å². The van der Waals surface area contributed by atoms with Gasteiger partial charge in [0.1, 0.15) is 18.9 Å². The van der Waals surface area contributed by atoms with E-state index in [1.807, 2.05) is 0 Å². The molecule has 2 rings (SSSR count). The molecule has 88 valence electrons. The van der Waals surface area contributed by atoms with Crippen molar-refractivity contribution in [2.24, 2.45) is 0 Å². The highest BCUT2D eigenvalue weighted by molar-refractivity contribution is 6.05. The van der Waals surface area contributed by atoms with Gasteiger partial charge in [0.25, 0.3) is 5.91 Å². The largest absolute Gasteiger partial charge is 0.320 e. The Balaban J connectivity index is 2.23. The average Bonchev–Trinajstić information content (AvgIpc) is 2.27. The van der Waals surface area contributed by atoms with E-state index in [0.29, 0.717) is 0 Å². The van der Waals surface area contributed by atoms with Crippen LogP contribution < -0.4 is 5.32 Å². The van der Waals surface area contributed by atoms with Crippen molar-refractivity contribution in [1.82, 2.24) is 10.2 Å². The van der Waals surface area contributed by atoms with Crippen LogP contribution in [0.2, 0.25) is 0 Å². The van der Waals surface area contributed by atoms with Crippen molar-refractivity contribution in [2.75, 3.05) is 13.1 Å². The van der Waals surface area contributed by atoms with Crippen molar-refractivity contribution in [3.63, 3.8) is 0 Å². The number of hydrogen-bond acceptors (Lipinski definition) is 3. The van der Waals surface area contributed by atoms with Gasteiger partial charge in [-0.15, -0.1) is 0 Å². The summed E-state index contributed by atoms with van der Waals surface area (Å²) in [4.78, 5) is 35.0. The Bertz CT molecular complexity index is 485. The third kappa shape index (κ3) is 2.30. The number of carbonyl (C=O) groups excluding carboxylic acids is 3. The number of nitrogens with zero attached hydrogens (tertiary/aromatic N) is 1. The molecule has 0 bridgehead atoms. The molecular formula is C11H9FN2O3. The van der Waals surface area contributed by atoms with Gasteiger partial charge in [-0.25, -0.2) is 4.39 Å². The van der Waals surface area contributed by atoms with Gasteiger partial charge in [-0.1, -0.05) is 12.1 Å². The maximum Gasteiger partial charge on any atom is 0.257 e. The summed E-state index contributed by atoms with van der Waals surface area (Å²) < 4.78 is 13.4. The molecule has 5 nitrogen and oxygen atoms in total. The molecule has 0 radical (unpaired) electrons. The Morgan fingerprint density at radius 2 is 1.76 bits per heavy atom. The number of rotatable bonds is 1. The quantitative estimate of drug-likeness (QED) is 0.694. The molecule has 0 aliphatic carbocycles. The van der Waals surface area contributed by atoms with E-state index in [1.54, 1.807) is 0 Å². The van der Waals surface area contributed by atoms with Gasteiger partial charge in [0, 0.05) is 0 Å². The molecule has 1 heterocycles. The van der Waals surface area contributed by atoms with Gasteiger partial charge in [-0.05, 0) is 12.1 Å². The van der Waals surface area contributed by atoms with Crippen LogP contribution in [0.5, 0.6) is 0 Å². The van der Waals surface area contributed by atoms with Crippen LogP contribution in [0.15, 0.2) is 24.3 Å². The maximum absolute atomic E-state index is 13.4. The second kappa shape index (κ2) is 4.32. The standard InChI is InChI=1S/C11H9FN2O3/c12-8-4-2-1-3-7(8)11(17)14-5-9(15)13-10(16)6-14/h1-4H,5-6H2,(H,13,15,16). The summed E-state index contributed by atoms with van der Waals surface area (Å²) in [6, 6.07) is 5.44. The SMILES string of the molecule is O=C1CN(C(=O)c2ccccc2F)CC(=O)N1. The summed E-state index contributed by atoms with van der Waals surface area (Å²) in [7, 11) is 0. The van der Waals surface area contributed by atoms with Gasteiger partial charge < -0.3 is 4.90 Å². The number of amides is 3. The zero-order valence-corrected chi connectivity index (χ0v) is 8.77. The van der Waals surface area contributed by atoms with Crippen molar-refractivity contribution >= 4 is 17.7 Å². The molecule has 1 N–H and O–H groups in total. The molecule has 1 fully saturated rings. The van der Waals surface area contributed by atoms with E-state index in [2.05, 4.69) is 5.32 Å². The van der Waals surface area contributed by atoms with Gasteiger partial charge >= 0.3 is 0 Å². The number of nitrogens with one attached hydrogen (secondary N) is 1. The van der Waals surface area contributed by atoms with Crippen molar-refractivity contribution in [2.45, 2.75) is 0 Å². The highest BCUT2D eigenvalue weighted by Crippen LogP contribution is 2.10. The molecule has 0 spiro atoms. The fourth-order valence-corrected chi connectivity index (χ4v) is 1.59. The van der Waals surface area contributed by atoms with Crippen molar-refractivity contribution < 1.29 is 18.8 Å². The molecule has 3 amide bonds. The van der Waals surface area contributed by atoms with E-state index in [0.717, 1.165) is 11.0 Å². The van der Waals surface area contributed by atoms with Crippen molar-refractivity contribution in [3.05, 3.63) is 35.6 Å². The van der Waals surface area contributed by atoms with Gasteiger partial charge in [0.15, 0.2) is 0 Å². The Labute approximate surface area is 96.2 Å². The highest BCUT2D eigenvalue weighted by atomic mass is 19.1. The number of imide groups is 1. The van der Waals surface area contributed by atoms with Crippen LogP contribution in [0.3, 0.4) is 0 Å². The third-order valence-electron chi connectivity index (χ3n) is 2.34. The van der Waals surface area contributed by atoms with Crippen LogP contribution in [0.25, 0.3) is 0 Å². The van der Waals surface area contributed by atoms with E-state index in [-0.39, 0.29) is 18.7 Å². The van der Waals surface area contributed by atoms with Crippen LogP contribution >= 0.6 is 0 Å². The molecule has 1 aliphatic heterocycles. The van der Waals surface area contributed by atoms with Crippen molar-refractivity contribution in [1.29, 1.82) is 0 Å². The molecule has 17 heavy (non-hydrogen) atoms. The maximum atomic E-state index is 13.4. The summed E-state index contributed by atoms with van der Waals surface area (Å²) in [6.07, 6.45) is 0. The number of piperazine rings is 1. The molecule has 1 aromatic rings. The first-order chi connectivity index (χ1) is 8.08. The fraction of sp³-hybridized carbons (Fsp3) is 0.182. The zero-order chi connectivity index (χ0) is 12.4. The van der Waals surface area contributed by atoms with E-state index in [9.17, 15) is 18.8 Å². The lowest BCUT2D eigenvalue weighted by Crippen LogP contribution is -2.53. The topological polar surface area (TPSA) is 66.5 Å². The molecule has 0 atom stereocenters. The van der Waals surface area contributed by atoms with Crippen LogP contribution in [0.1, 0.15) is 10.4 Å². The normalized spacial score (nSPS) is 15.7. The summed E-state index contributed by atoms with van der Waals surface area (Å²) in [5.41, 5.74) is -0.144. The average molecular weight is 236 g/mol. The number of carbonyl (C=O) groups is 3. The second-order valence-corrected chi connectivity index (χ2v) is 3.61. The monoisotopic (exact) mass is 236 g/mol. The molecule has 6 heteroatoms. The minimum Gasteiger partial charge on any atom is -0.320 e. The van der Waals surface area contributed by atoms with Crippen LogP contribution in [0.4, 0.5) is 4.39 Å². The first-order valence-electron chi connectivity index (χ1n) is 4.94. The predicted molar refractivity (Wildman–Crippen MR) is 55.5 cm³/mol. The van der Waals surface area contributed by atoms with Gasteiger partial charge in [-0.3, -0.25) is 19.7 Å². The molecule has 1 saturated heterocycles. The summed E-state index contributed by atoms with van der Waals surface area (Å²) in [5, 5.41) is 2.06. The molecule has 1 aromatic carbocycles. The van der Waals surface area contributed by atoms with Crippen LogP contribution in [-0.4, -0.2) is 35.7 Å². The Kier molecular flexibility index (Phi) is 2.86. The Hall–Kier alpha value is -2.24. The first kappa shape index (κ1) is 11.3. The highest BCUT2D eigenvalue weighted by Gasteiger charge is 2.28. The lowest BCUT2D eigenvalue weighted by Gasteiger charge is -2.25. The lowest BCUT2D eigenvalue weighted by atomic mass is 10.1. The molecule has 1 aliphatic rings. The molecule has 0 unspecified atom stereocenters. The lowest BCUT2D eigenvalue weighted by molar-refractivity contribution is -0.135. The van der Waals surface area contributed by atoms with E-state index < -0.39 is 23.5 Å². The van der Waals surface area contributed by atoms with E-state index in [4.69, 9.17) is 0 Å². The molecule has 0 saturated carbocycles. The van der Waals surface area contributed by atoms with E-state index >= 15 is 0 Å².